The Balaban J connectivity index is 1.42. The highest BCUT2D eigenvalue weighted by Gasteiger charge is 2.18. The minimum atomic E-state index is -0.742. The van der Waals surface area contributed by atoms with Gasteiger partial charge in [0.05, 0.1) is 19.8 Å². The molecule has 158 valence electrons. The minimum Gasteiger partial charge on any atom is -0.493 e. The van der Waals surface area contributed by atoms with Crippen LogP contribution in [0.5, 0.6) is 11.5 Å². The lowest BCUT2D eigenvalue weighted by molar-refractivity contribution is 0.0394. The predicted molar refractivity (Wildman–Crippen MR) is 106 cm³/mol. The van der Waals surface area contributed by atoms with E-state index < -0.39 is 11.8 Å². The number of esters is 1. The normalized spacial score (nSPS) is 10.7. The topological polar surface area (TPSA) is 96.8 Å². The van der Waals surface area contributed by atoms with Gasteiger partial charge in [-0.05, 0) is 42.5 Å². The average molecular weight is 424 g/mol. The molecule has 4 aromatic rings. The third kappa shape index (κ3) is 4.25. The third-order valence-corrected chi connectivity index (χ3v) is 4.38. The number of hydrogen-bond donors (Lipinski definition) is 0. The van der Waals surface area contributed by atoms with Crippen LogP contribution in [-0.4, -0.2) is 30.3 Å². The van der Waals surface area contributed by atoms with Crippen molar-refractivity contribution in [3.63, 3.8) is 0 Å². The Morgan fingerprint density at radius 1 is 1.03 bits per heavy atom. The van der Waals surface area contributed by atoms with Crippen LogP contribution in [0, 0.1) is 5.82 Å². The fourth-order valence-electron chi connectivity index (χ4n) is 2.86. The van der Waals surface area contributed by atoms with Crippen molar-refractivity contribution in [2.75, 3.05) is 14.2 Å². The fourth-order valence-corrected chi connectivity index (χ4v) is 2.86. The Bertz CT molecular complexity index is 1220. The summed E-state index contributed by atoms with van der Waals surface area (Å²) >= 11 is 0. The molecule has 0 atom stereocenters. The molecule has 0 aliphatic rings. The van der Waals surface area contributed by atoms with Gasteiger partial charge in [0.2, 0.25) is 11.6 Å². The molecule has 0 aliphatic carbocycles. The van der Waals surface area contributed by atoms with Crippen molar-refractivity contribution in [1.82, 2.24) is 10.1 Å². The number of ether oxygens (including phenoxy) is 3. The average Bonchev–Trinajstić information content (AvgIpc) is 3.47. The summed E-state index contributed by atoms with van der Waals surface area (Å²) in [6.45, 7) is -0.255. The van der Waals surface area contributed by atoms with Gasteiger partial charge in [-0.2, -0.15) is 4.98 Å². The first-order chi connectivity index (χ1) is 15.1. The maximum atomic E-state index is 13.9. The summed E-state index contributed by atoms with van der Waals surface area (Å²) in [5, 5.41) is 3.88. The Morgan fingerprint density at radius 2 is 1.84 bits per heavy atom. The number of carbonyl (C=O) groups excluding carboxylic acids is 1. The van der Waals surface area contributed by atoms with Gasteiger partial charge in [0.15, 0.2) is 18.1 Å². The molecule has 0 aliphatic heterocycles. The van der Waals surface area contributed by atoms with E-state index in [9.17, 15) is 9.18 Å². The number of benzene rings is 2. The van der Waals surface area contributed by atoms with E-state index in [0.717, 1.165) is 0 Å². The van der Waals surface area contributed by atoms with Gasteiger partial charge in [-0.3, -0.25) is 0 Å². The van der Waals surface area contributed by atoms with Crippen molar-refractivity contribution < 1.29 is 32.3 Å². The summed E-state index contributed by atoms with van der Waals surface area (Å²) in [4.78, 5) is 16.5. The second-order valence-corrected chi connectivity index (χ2v) is 6.30. The number of aromatic nitrogens is 2. The molecule has 0 fully saturated rings. The smallest absolute Gasteiger partial charge is 0.374 e. The van der Waals surface area contributed by atoms with Crippen molar-refractivity contribution in [2.45, 2.75) is 6.61 Å². The highest BCUT2D eigenvalue weighted by Crippen LogP contribution is 2.31. The Morgan fingerprint density at radius 3 is 2.61 bits per heavy atom. The number of nitrogens with zero attached hydrogens (tertiary/aromatic N) is 2. The van der Waals surface area contributed by atoms with E-state index >= 15 is 0 Å². The van der Waals surface area contributed by atoms with Gasteiger partial charge in [0.25, 0.3) is 5.89 Å². The van der Waals surface area contributed by atoms with Crippen LogP contribution in [0.2, 0.25) is 0 Å². The van der Waals surface area contributed by atoms with Crippen LogP contribution in [0.25, 0.3) is 22.7 Å². The Labute approximate surface area is 176 Å². The zero-order valence-corrected chi connectivity index (χ0v) is 16.6. The summed E-state index contributed by atoms with van der Waals surface area (Å²) in [5.74, 6) is 0.430. The van der Waals surface area contributed by atoms with Gasteiger partial charge >= 0.3 is 5.97 Å². The molecule has 0 bridgehead atoms. The summed E-state index contributed by atoms with van der Waals surface area (Å²) in [7, 11) is 3.06. The first kappa shape index (κ1) is 20.1. The minimum absolute atomic E-state index is 0.0714. The molecule has 31 heavy (non-hydrogen) atoms. The molecular formula is C22H17FN2O6. The van der Waals surface area contributed by atoms with Crippen LogP contribution in [0.1, 0.15) is 16.4 Å². The van der Waals surface area contributed by atoms with Crippen molar-refractivity contribution in [1.29, 1.82) is 0 Å². The van der Waals surface area contributed by atoms with Gasteiger partial charge in [0, 0.05) is 5.56 Å². The molecule has 9 heteroatoms. The lowest BCUT2D eigenvalue weighted by Gasteiger charge is -2.07. The maximum Gasteiger partial charge on any atom is 0.374 e. The third-order valence-electron chi connectivity index (χ3n) is 4.38. The van der Waals surface area contributed by atoms with Crippen LogP contribution in [0.15, 0.2) is 63.5 Å². The lowest BCUT2D eigenvalue weighted by Crippen LogP contribution is -2.04. The molecule has 2 aromatic heterocycles. The SMILES string of the molecule is COc1ccc(-c2noc(COC(=O)c3ccc(-c4ccccc4F)o3)n2)cc1OC. The van der Waals surface area contributed by atoms with Crippen molar-refractivity contribution >= 4 is 5.97 Å². The summed E-state index contributed by atoms with van der Waals surface area (Å²) < 4.78 is 40.0. The van der Waals surface area contributed by atoms with Crippen molar-refractivity contribution in [2.24, 2.45) is 0 Å². The van der Waals surface area contributed by atoms with Gasteiger partial charge in [-0.1, -0.05) is 17.3 Å². The zero-order valence-electron chi connectivity index (χ0n) is 16.6. The van der Waals surface area contributed by atoms with Gasteiger partial charge in [-0.15, -0.1) is 0 Å². The standard InChI is InChI=1S/C22H17FN2O6/c1-27-17-8-7-13(11-19(17)28-2)21-24-20(31-25-21)12-29-22(26)18-10-9-16(30-18)14-5-3-4-6-15(14)23/h3-11H,12H2,1-2H3. The van der Waals surface area contributed by atoms with Gasteiger partial charge in [0.1, 0.15) is 11.6 Å². The quantitative estimate of drug-likeness (QED) is 0.400. The van der Waals surface area contributed by atoms with E-state index in [1.165, 1.54) is 32.4 Å². The molecule has 8 nitrogen and oxygen atoms in total. The molecule has 0 spiro atoms. The number of rotatable bonds is 7. The molecule has 2 aromatic carbocycles. The molecule has 0 N–H and O–H groups in total. The van der Waals surface area contributed by atoms with Crippen molar-refractivity contribution in [3.05, 3.63) is 72.1 Å². The predicted octanol–water partition coefficient (Wildman–Crippen LogP) is 4.51. The maximum absolute atomic E-state index is 13.9. The number of hydrogen-bond acceptors (Lipinski definition) is 8. The zero-order chi connectivity index (χ0) is 21.8. The molecule has 0 saturated carbocycles. The first-order valence-corrected chi connectivity index (χ1v) is 9.16. The summed E-state index contributed by atoms with van der Waals surface area (Å²) in [6, 6.07) is 14.2. The number of halogens is 1. The summed E-state index contributed by atoms with van der Waals surface area (Å²) in [5.41, 5.74) is 0.887. The molecule has 4 rings (SSSR count). The van der Waals surface area contributed by atoms with Crippen LogP contribution >= 0.6 is 0 Å². The van der Waals surface area contributed by atoms with Crippen LogP contribution < -0.4 is 9.47 Å². The Hall–Kier alpha value is -4.14. The number of furan rings is 1. The highest BCUT2D eigenvalue weighted by molar-refractivity contribution is 5.87. The van der Waals surface area contributed by atoms with Crippen molar-refractivity contribution in [3.8, 4) is 34.2 Å². The van der Waals surface area contributed by atoms with Crippen LogP contribution in [0.4, 0.5) is 4.39 Å². The number of methoxy groups -OCH3 is 2. The van der Waals surface area contributed by atoms with Crippen LogP contribution in [0.3, 0.4) is 0 Å². The first-order valence-electron chi connectivity index (χ1n) is 9.16. The summed E-state index contributed by atoms with van der Waals surface area (Å²) in [6.07, 6.45) is 0. The van der Waals surface area contributed by atoms with E-state index in [4.69, 9.17) is 23.2 Å². The number of carbonyl (C=O) groups is 1. The Kier molecular flexibility index (Phi) is 5.65. The van der Waals surface area contributed by atoms with Crippen LogP contribution in [-0.2, 0) is 11.3 Å². The second-order valence-electron chi connectivity index (χ2n) is 6.30. The largest absolute Gasteiger partial charge is 0.493 e. The fraction of sp³-hybridized carbons (Fsp3) is 0.136. The molecule has 0 radical (unpaired) electrons. The van der Waals surface area contributed by atoms with E-state index in [1.807, 2.05) is 0 Å². The van der Waals surface area contributed by atoms with E-state index in [0.29, 0.717) is 22.9 Å². The molecule has 2 heterocycles. The monoisotopic (exact) mass is 424 g/mol. The molecule has 0 saturated heterocycles. The molecule has 0 amide bonds. The lowest BCUT2D eigenvalue weighted by atomic mass is 10.1. The van der Waals surface area contributed by atoms with E-state index in [2.05, 4.69) is 10.1 Å². The molecular weight excluding hydrogens is 407 g/mol. The van der Waals surface area contributed by atoms with Gasteiger partial charge in [-0.25, -0.2) is 9.18 Å². The second kappa shape index (κ2) is 8.70. The highest BCUT2D eigenvalue weighted by atomic mass is 19.1. The van der Waals surface area contributed by atoms with E-state index in [1.54, 1.807) is 36.4 Å². The van der Waals surface area contributed by atoms with E-state index in [-0.39, 0.29) is 29.6 Å². The molecule has 0 unspecified atom stereocenters. The van der Waals surface area contributed by atoms with Gasteiger partial charge < -0.3 is 23.2 Å².